The molecule has 2 amide bonds. The highest BCUT2D eigenvalue weighted by Gasteiger charge is 2.20. The average Bonchev–Trinajstić information content (AvgIpc) is 2.80. The van der Waals surface area contributed by atoms with Gasteiger partial charge in [-0.2, -0.15) is 0 Å². The van der Waals surface area contributed by atoms with Gasteiger partial charge >= 0.3 is 0 Å². The molecule has 32 heavy (non-hydrogen) atoms. The Labute approximate surface area is 187 Å². The number of benzene rings is 1. The van der Waals surface area contributed by atoms with Gasteiger partial charge in [0.15, 0.2) is 0 Å². The molecule has 0 aromatic heterocycles. The minimum atomic E-state index is -0.774. The monoisotopic (exact) mass is 451 g/mol. The van der Waals surface area contributed by atoms with Crippen LogP contribution in [0.15, 0.2) is 30.3 Å². The summed E-state index contributed by atoms with van der Waals surface area (Å²) in [5.74, 6) is 3.10. The predicted octanol–water partition coefficient (Wildman–Crippen LogP) is -1.93. The van der Waals surface area contributed by atoms with Crippen molar-refractivity contribution in [2.24, 2.45) is 5.84 Å². The Bertz CT molecular complexity index is 716. The van der Waals surface area contributed by atoms with Crippen LogP contribution in [0.25, 0.3) is 0 Å². The number of carbonyl (C=O) groups excluding carboxylic acids is 4. The molecule has 178 valence electrons. The maximum atomic E-state index is 12.2. The number of ketones is 2. The van der Waals surface area contributed by atoms with Crippen LogP contribution >= 0.6 is 0 Å². The second kappa shape index (κ2) is 16.9. The quantitative estimate of drug-likeness (QED) is 0.0741. The summed E-state index contributed by atoms with van der Waals surface area (Å²) >= 11 is 0. The fraction of sp³-hybridized carbons (Fsp3) is 0.524. The summed E-state index contributed by atoms with van der Waals surface area (Å²) in [6.07, 6.45) is 0.333. The van der Waals surface area contributed by atoms with Crippen LogP contribution in [0.5, 0.6) is 0 Å². The van der Waals surface area contributed by atoms with Crippen molar-refractivity contribution in [3.63, 3.8) is 0 Å². The lowest BCUT2D eigenvalue weighted by molar-refractivity contribution is -0.136. The Hall–Kier alpha value is -2.70. The van der Waals surface area contributed by atoms with Crippen molar-refractivity contribution in [3.8, 4) is 0 Å². The second-order valence-electron chi connectivity index (χ2n) is 6.74. The van der Waals surface area contributed by atoms with Gasteiger partial charge in [-0.3, -0.25) is 25.0 Å². The van der Waals surface area contributed by atoms with Gasteiger partial charge in [0, 0.05) is 13.2 Å². The third-order valence-electron chi connectivity index (χ3n) is 4.25. The minimum Gasteiger partial charge on any atom is -0.379 e. The van der Waals surface area contributed by atoms with Crippen LogP contribution in [-0.2, 0) is 35.1 Å². The van der Waals surface area contributed by atoms with E-state index in [0.29, 0.717) is 39.4 Å². The number of hydrazine groups is 1. The predicted molar refractivity (Wildman–Crippen MR) is 117 cm³/mol. The molecule has 6 N–H and O–H groups in total. The molecule has 0 fully saturated rings. The summed E-state index contributed by atoms with van der Waals surface area (Å²) in [5.41, 5.74) is 3.30. The molecular formula is C21H33N5O6. The number of Topliss-reactive ketones (excluding diaryl/α,β-unsaturated/α-hetero) is 2. The minimum absolute atomic E-state index is 0.124. The van der Waals surface area contributed by atoms with E-state index in [1.807, 2.05) is 37.3 Å². The smallest absolute Gasteiger partial charge is 0.239 e. The number of hydrogen-bond donors (Lipinski definition) is 5. The topological polar surface area (TPSA) is 161 Å². The van der Waals surface area contributed by atoms with Gasteiger partial charge < -0.3 is 25.4 Å². The number of rotatable bonds is 18. The summed E-state index contributed by atoms with van der Waals surface area (Å²) in [4.78, 5) is 47.7. The van der Waals surface area contributed by atoms with E-state index in [2.05, 4.69) is 21.4 Å². The molecule has 1 aromatic rings. The molecule has 0 aliphatic rings. The maximum Gasteiger partial charge on any atom is 0.239 e. The molecule has 0 bridgehead atoms. The molecule has 0 aliphatic heterocycles. The highest BCUT2D eigenvalue weighted by molar-refractivity contribution is 6.39. The van der Waals surface area contributed by atoms with Crippen molar-refractivity contribution in [1.82, 2.24) is 21.4 Å². The lowest BCUT2D eigenvalue weighted by Crippen LogP contribution is -2.50. The second-order valence-corrected chi connectivity index (χ2v) is 6.74. The van der Waals surface area contributed by atoms with Crippen molar-refractivity contribution in [1.29, 1.82) is 0 Å². The van der Waals surface area contributed by atoms with Gasteiger partial charge in [-0.05, 0) is 18.9 Å². The summed E-state index contributed by atoms with van der Waals surface area (Å²) in [6.45, 7) is 3.25. The molecule has 0 heterocycles. The van der Waals surface area contributed by atoms with Crippen molar-refractivity contribution in [3.05, 3.63) is 35.9 Å². The zero-order valence-corrected chi connectivity index (χ0v) is 18.4. The third-order valence-corrected chi connectivity index (χ3v) is 4.25. The fourth-order valence-corrected chi connectivity index (χ4v) is 2.54. The van der Waals surface area contributed by atoms with Crippen LogP contribution in [0.1, 0.15) is 12.5 Å². The largest absolute Gasteiger partial charge is 0.379 e. The molecule has 11 nitrogen and oxygen atoms in total. The van der Waals surface area contributed by atoms with Crippen LogP contribution in [0.4, 0.5) is 0 Å². The Morgan fingerprint density at radius 1 is 0.906 bits per heavy atom. The Morgan fingerprint density at radius 2 is 1.59 bits per heavy atom. The normalized spacial score (nSPS) is 11.6. The van der Waals surface area contributed by atoms with E-state index in [1.54, 1.807) is 0 Å². The third kappa shape index (κ3) is 12.2. The van der Waals surface area contributed by atoms with Crippen LogP contribution in [0, 0.1) is 0 Å². The van der Waals surface area contributed by atoms with Gasteiger partial charge in [0.05, 0.1) is 39.5 Å². The highest BCUT2D eigenvalue weighted by Crippen LogP contribution is 2.02. The van der Waals surface area contributed by atoms with Gasteiger partial charge in [0.25, 0.3) is 0 Å². The number of hydrogen-bond acceptors (Lipinski definition) is 9. The van der Waals surface area contributed by atoms with E-state index in [0.717, 1.165) is 5.56 Å². The standard InChI is InChI=1S/C21H33N5O6/c1-2-31-10-11-32-9-8-24-20(29)15-23-13-18(27)19(28)14-25-21(30)17(26-22)12-16-6-4-3-5-7-16/h3-7,17,23,26H,2,8-15,22H2,1H3,(H,24,29)(H,25,30)/t17-/m0/s1. The van der Waals surface area contributed by atoms with Crippen molar-refractivity contribution in [2.45, 2.75) is 19.4 Å². The van der Waals surface area contributed by atoms with Gasteiger partial charge in [0.2, 0.25) is 23.4 Å². The summed E-state index contributed by atoms with van der Waals surface area (Å²) in [7, 11) is 0. The number of amides is 2. The fourth-order valence-electron chi connectivity index (χ4n) is 2.54. The summed E-state index contributed by atoms with van der Waals surface area (Å²) in [6, 6.07) is 8.50. The maximum absolute atomic E-state index is 12.2. The number of ether oxygens (including phenoxy) is 2. The number of nitrogens with one attached hydrogen (secondary N) is 4. The lowest BCUT2D eigenvalue weighted by atomic mass is 10.1. The molecule has 0 unspecified atom stereocenters. The van der Waals surface area contributed by atoms with Crippen molar-refractivity contribution < 1.29 is 28.7 Å². The first kappa shape index (κ1) is 27.3. The summed E-state index contributed by atoms with van der Waals surface area (Å²) in [5, 5.41) is 7.62. The first-order chi connectivity index (χ1) is 15.5. The highest BCUT2D eigenvalue weighted by atomic mass is 16.5. The number of nitrogens with two attached hydrogens (primary N) is 1. The van der Waals surface area contributed by atoms with E-state index in [-0.39, 0.29) is 19.0 Å². The average molecular weight is 452 g/mol. The molecule has 1 rings (SSSR count). The molecular weight excluding hydrogens is 418 g/mol. The zero-order chi connectivity index (χ0) is 23.6. The van der Waals surface area contributed by atoms with E-state index < -0.39 is 30.1 Å². The van der Waals surface area contributed by atoms with E-state index in [1.165, 1.54) is 0 Å². The first-order valence-electron chi connectivity index (χ1n) is 10.4. The Balaban J connectivity index is 2.18. The molecule has 0 spiro atoms. The molecule has 0 saturated carbocycles. The van der Waals surface area contributed by atoms with E-state index in [9.17, 15) is 19.2 Å². The van der Waals surface area contributed by atoms with Crippen LogP contribution < -0.4 is 27.2 Å². The molecule has 1 atom stereocenters. The van der Waals surface area contributed by atoms with Gasteiger partial charge in [-0.1, -0.05) is 30.3 Å². The molecule has 0 aliphatic carbocycles. The van der Waals surface area contributed by atoms with Crippen LogP contribution in [0.2, 0.25) is 0 Å². The van der Waals surface area contributed by atoms with E-state index in [4.69, 9.17) is 15.3 Å². The zero-order valence-electron chi connectivity index (χ0n) is 18.4. The van der Waals surface area contributed by atoms with Crippen molar-refractivity contribution >= 4 is 23.4 Å². The molecule has 0 radical (unpaired) electrons. The van der Waals surface area contributed by atoms with Gasteiger partial charge in [-0.25, -0.2) is 5.43 Å². The Morgan fingerprint density at radius 3 is 2.28 bits per heavy atom. The van der Waals surface area contributed by atoms with Crippen LogP contribution in [0.3, 0.4) is 0 Å². The van der Waals surface area contributed by atoms with E-state index >= 15 is 0 Å². The van der Waals surface area contributed by atoms with Gasteiger partial charge in [0.1, 0.15) is 6.04 Å². The van der Waals surface area contributed by atoms with Crippen molar-refractivity contribution in [2.75, 3.05) is 52.6 Å². The lowest BCUT2D eigenvalue weighted by Gasteiger charge is -2.15. The summed E-state index contributed by atoms with van der Waals surface area (Å²) < 4.78 is 10.4. The molecule has 11 heteroatoms. The Kier molecular flexibility index (Phi) is 14.5. The number of carbonyl (C=O) groups is 4. The molecule has 1 aromatic carbocycles. The van der Waals surface area contributed by atoms with Gasteiger partial charge in [-0.15, -0.1) is 0 Å². The first-order valence-corrected chi connectivity index (χ1v) is 10.4. The SMILES string of the molecule is CCOCCOCCNC(=O)CNCC(=O)C(=O)CNC(=O)[C@H](Cc1ccccc1)NN. The van der Waals surface area contributed by atoms with Crippen LogP contribution in [-0.4, -0.2) is 82.0 Å². The molecule has 0 saturated heterocycles.